The van der Waals surface area contributed by atoms with Crippen LogP contribution in [-0.4, -0.2) is 23.3 Å². The number of nitro groups is 1. The molecule has 2 amide bonds. The summed E-state index contributed by atoms with van der Waals surface area (Å²) in [6.45, 7) is 2.25. The predicted molar refractivity (Wildman–Crippen MR) is 103 cm³/mol. The Morgan fingerprint density at radius 3 is 2.56 bits per heavy atom. The maximum absolute atomic E-state index is 12.1. The van der Waals surface area contributed by atoms with Gasteiger partial charge < -0.3 is 5.32 Å². The lowest BCUT2D eigenvalue weighted by molar-refractivity contribution is -0.383. The second-order valence-corrected chi connectivity index (χ2v) is 6.65. The molecule has 0 aliphatic carbocycles. The second-order valence-electron chi connectivity index (χ2n) is 6.65. The van der Waals surface area contributed by atoms with E-state index in [4.69, 9.17) is 0 Å². The van der Waals surface area contributed by atoms with E-state index in [1.807, 2.05) is 30.3 Å². The van der Waals surface area contributed by atoms with Crippen LogP contribution in [0.4, 0.5) is 17.1 Å². The number of nitrogens with one attached hydrogen (secondary N) is 1. The van der Waals surface area contributed by atoms with Crippen LogP contribution in [0.15, 0.2) is 48.5 Å². The lowest BCUT2D eigenvalue weighted by Crippen LogP contribution is -2.30. The van der Waals surface area contributed by atoms with Gasteiger partial charge in [-0.2, -0.15) is 0 Å². The van der Waals surface area contributed by atoms with Crippen molar-refractivity contribution in [3.8, 4) is 0 Å². The molecule has 0 bridgehead atoms. The molecule has 3 rings (SSSR count). The van der Waals surface area contributed by atoms with E-state index in [1.165, 1.54) is 11.6 Å². The molecule has 0 radical (unpaired) electrons. The summed E-state index contributed by atoms with van der Waals surface area (Å²) in [5.74, 6) is -1.05. The van der Waals surface area contributed by atoms with Crippen molar-refractivity contribution in [1.29, 1.82) is 0 Å². The zero-order valence-electron chi connectivity index (χ0n) is 15.1. The zero-order chi connectivity index (χ0) is 19.4. The van der Waals surface area contributed by atoms with Crippen LogP contribution in [0.5, 0.6) is 0 Å². The van der Waals surface area contributed by atoms with E-state index in [0.717, 1.165) is 17.7 Å². The van der Waals surface area contributed by atoms with Crippen LogP contribution < -0.4 is 10.2 Å². The lowest BCUT2D eigenvalue weighted by atomic mass is 10.1. The van der Waals surface area contributed by atoms with Gasteiger partial charge in [-0.15, -0.1) is 0 Å². The largest absolute Gasteiger partial charge is 0.379 e. The Labute approximate surface area is 157 Å². The van der Waals surface area contributed by atoms with Gasteiger partial charge in [0.1, 0.15) is 5.69 Å². The summed E-state index contributed by atoms with van der Waals surface area (Å²) < 4.78 is 0. The molecule has 1 fully saturated rings. The minimum atomic E-state index is -0.502. The molecule has 1 saturated heterocycles. The van der Waals surface area contributed by atoms with Gasteiger partial charge in [-0.1, -0.05) is 37.3 Å². The number of carbonyl (C=O) groups is 2. The van der Waals surface area contributed by atoms with E-state index in [0.29, 0.717) is 12.2 Å². The molecule has 0 saturated carbocycles. The number of amides is 2. The number of nitro benzene ring substituents is 1. The third-order valence-electron chi connectivity index (χ3n) is 4.61. The Kier molecular flexibility index (Phi) is 5.49. The number of anilines is 2. The number of hydrogen-bond donors (Lipinski definition) is 1. The number of aryl methyl sites for hydroxylation is 1. The minimum Gasteiger partial charge on any atom is -0.379 e. The van der Waals surface area contributed by atoms with Gasteiger partial charge in [-0.05, 0) is 30.5 Å². The normalized spacial score (nSPS) is 16.6. The fraction of sp³-hybridized carbons (Fsp3) is 0.300. The maximum atomic E-state index is 12.1. The van der Waals surface area contributed by atoms with E-state index < -0.39 is 10.8 Å². The van der Waals surface area contributed by atoms with Crippen LogP contribution in [0, 0.1) is 16.0 Å². The molecule has 0 spiro atoms. The summed E-state index contributed by atoms with van der Waals surface area (Å²) in [6.07, 6.45) is 1.82. The van der Waals surface area contributed by atoms with E-state index >= 15 is 0 Å². The summed E-state index contributed by atoms with van der Waals surface area (Å²) in [4.78, 5) is 36.2. The van der Waals surface area contributed by atoms with Gasteiger partial charge in [0.05, 0.1) is 10.6 Å². The standard InChI is InChI=1S/C20H21N3O4/c1-14-12-19(24)22(20(14)25)16-9-10-17(18(13-16)23(26)27)21-11-5-8-15-6-3-2-4-7-15/h2-4,6-7,9-10,13-14,21H,5,8,11-12H2,1H3/t14-/m0/s1. The van der Waals surface area contributed by atoms with E-state index in [2.05, 4.69) is 5.32 Å². The fourth-order valence-corrected chi connectivity index (χ4v) is 3.17. The first kappa shape index (κ1) is 18.6. The molecular formula is C20H21N3O4. The van der Waals surface area contributed by atoms with Gasteiger partial charge in [0, 0.05) is 24.9 Å². The monoisotopic (exact) mass is 367 g/mol. The van der Waals surface area contributed by atoms with Gasteiger partial charge in [0.2, 0.25) is 11.8 Å². The molecule has 1 heterocycles. The molecule has 7 heteroatoms. The van der Waals surface area contributed by atoms with Gasteiger partial charge in [0.25, 0.3) is 5.69 Å². The molecule has 1 N–H and O–H groups in total. The fourth-order valence-electron chi connectivity index (χ4n) is 3.17. The van der Waals surface area contributed by atoms with Gasteiger partial charge in [-0.3, -0.25) is 24.6 Å². The van der Waals surface area contributed by atoms with Crippen LogP contribution in [0.2, 0.25) is 0 Å². The Bertz CT molecular complexity index is 867. The van der Waals surface area contributed by atoms with Crippen molar-refractivity contribution in [1.82, 2.24) is 0 Å². The molecular weight excluding hydrogens is 346 g/mol. The van der Waals surface area contributed by atoms with Crippen LogP contribution >= 0.6 is 0 Å². The smallest absolute Gasteiger partial charge is 0.294 e. The van der Waals surface area contributed by atoms with Crippen molar-refractivity contribution in [2.24, 2.45) is 5.92 Å². The average molecular weight is 367 g/mol. The van der Waals surface area contributed by atoms with Crippen molar-refractivity contribution < 1.29 is 14.5 Å². The molecule has 7 nitrogen and oxygen atoms in total. The third kappa shape index (κ3) is 4.13. The van der Waals surface area contributed by atoms with Crippen molar-refractivity contribution in [3.05, 3.63) is 64.2 Å². The summed E-state index contributed by atoms with van der Waals surface area (Å²) in [5.41, 5.74) is 1.69. The lowest BCUT2D eigenvalue weighted by Gasteiger charge is -2.15. The first-order valence-electron chi connectivity index (χ1n) is 8.90. The highest BCUT2D eigenvalue weighted by Crippen LogP contribution is 2.33. The molecule has 1 atom stereocenters. The van der Waals surface area contributed by atoms with E-state index in [9.17, 15) is 19.7 Å². The highest BCUT2D eigenvalue weighted by molar-refractivity contribution is 6.21. The zero-order valence-corrected chi connectivity index (χ0v) is 15.1. The van der Waals surface area contributed by atoms with Crippen LogP contribution in [0.1, 0.15) is 25.3 Å². The molecule has 0 aromatic heterocycles. The summed E-state index contributed by atoms with van der Waals surface area (Å²) in [7, 11) is 0. The number of benzene rings is 2. The minimum absolute atomic E-state index is 0.131. The first-order valence-corrected chi connectivity index (χ1v) is 8.90. The SMILES string of the molecule is C[C@H]1CC(=O)N(c2ccc(NCCCc3ccccc3)c([N+](=O)[O-])c2)C1=O. The van der Waals surface area contributed by atoms with Crippen molar-refractivity contribution in [2.75, 3.05) is 16.8 Å². The van der Waals surface area contributed by atoms with Gasteiger partial charge >= 0.3 is 0 Å². The van der Waals surface area contributed by atoms with E-state index in [1.54, 1.807) is 19.1 Å². The summed E-state index contributed by atoms with van der Waals surface area (Å²) >= 11 is 0. The topological polar surface area (TPSA) is 92.6 Å². The molecule has 140 valence electrons. The van der Waals surface area contributed by atoms with E-state index in [-0.39, 0.29) is 29.6 Å². The Morgan fingerprint density at radius 2 is 1.93 bits per heavy atom. The van der Waals surface area contributed by atoms with Gasteiger partial charge in [0.15, 0.2) is 0 Å². The van der Waals surface area contributed by atoms with Crippen LogP contribution in [0.25, 0.3) is 0 Å². The highest BCUT2D eigenvalue weighted by Gasteiger charge is 2.37. The number of hydrogen-bond acceptors (Lipinski definition) is 5. The van der Waals surface area contributed by atoms with Crippen LogP contribution in [0.3, 0.4) is 0 Å². The summed E-state index contributed by atoms with van der Waals surface area (Å²) in [5, 5.41) is 14.5. The first-order chi connectivity index (χ1) is 13.0. The molecule has 0 unspecified atom stereocenters. The van der Waals surface area contributed by atoms with Gasteiger partial charge in [-0.25, -0.2) is 0 Å². The second kappa shape index (κ2) is 7.99. The maximum Gasteiger partial charge on any atom is 0.294 e. The summed E-state index contributed by atoms with van der Waals surface area (Å²) in [6, 6.07) is 14.4. The molecule has 2 aromatic rings. The van der Waals surface area contributed by atoms with Crippen molar-refractivity contribution in [2.45, 2.75) is 26.2 Å². The molecule has 1 aliphatic rings. The average Bonchev–Trinajstić information content (AvgIpc) is 2.91. The third-order valence-corrected chi connectivity index (χ3v) is 4.61. The Balaban J connectivity index is 1.70. The number of rotatable bonds is 7. The molecule has 1 aliphatic heterocycles. The molecule has 2 aromatic carbocycles. The number of imide groups is 1. The Morgan fingerprint density at radius 1 is 1.19 bits per heavy atom. The van der Waals surface area contributed by atoms with Crippen molar-refractivity contribution >= 4 is 28.9 Å². The quantitative estimate of drug-likeness (QED) is 0.350. The molecule has 27 heavy (non-hydrogen) atoms. The number of nitrogens with zero attached hydrogens (tertiary/aromatic N) is 2. The predicted octanol–water partition coefficient (Wildman–Crippen LogP) is 3.54. The Hall–Kier alpha value is -3.22. The van der Waals surface area contributed by atoms with Crippen LogP contribution in [-0.2, 0) is 16.0 Å². The van der Waals surface area contributed by atoms with Crippen molar-refractivity contribution in [3.63, 3.8) is 0 Å². The highest BCUT2D eigenvalue weighted by atomic mass is 16.6. The number of carbonyl (C=O) groups excluding carboxylic acids is 2.